The Kier molecular flexibility index (Phi) is 2.92. The monoisotopic (exact) mass is 273 g/mol. The number of halogens is 1. The number of aryl methyl sites for hydroxylation is 1. The smallest absolute Gasteiger partial charge is 0.241 e. The van der Waals surface area contributed by atoms with E-state index in [0.29, 0.717) is 22.5 Å². The number of fused-ring (bicyclic) bond motifs is 1. The van der Waals surface area contributed by atoms with E-state index in [4.69, 9.17) is 5.84 Å². The van der Waals surface area contributed by atoms with Crippen LogP contribution in [-0.4, -0.2) is 20.2 Å². The summed E-state index contributed by atoms with van der Waals surface area (Å²) in [7, 11) is 0. The van der Waals surface area contributed by atoms with Crippen LogP contribution in [0.1, 0.15) is 5.56 Å². The molecule has 0 saturated carbocycles. The highest BCUT2D eigenvalue weighted by Gasteiger charge is 2.12. The number of nitrogens with zero attached hydrogens (tertiary/aromatic N) is 3. The predicted molar refractivity (Wildman–Crippen MR) is 73.9 cm³/mol. The number of benzene rings is 1. The van der Waals surface area contributed by atoms with Crippen LogP contribution in [0.5, 0.6) is 0 Å². The Morgan fingerprint density at radius 3 is 2.90 bits per heavy atom. The Labute approximate surface area is 113 Å². The third kappa shape index (κ3) is 2.01. The lowest BCUT2D eigenvalue weighted by Crippen LogP contribution is -2.11. The molecule has 2 heterocycles. The third-order valence-electron chi connectivity index (χ3n) is 2.90. The number of aromatic amines is 1. The predicted octanol–water partition coefficient (Wildman–Crippen LogP) is 1.83. The minimum atomic E-state index is -0.359. The van der Waals surface area contributed by atoms with Crippen molar-refractivity contribution in [1.29, 1.82) is 0 Å². The summed E-state index contributed by atoms with van der Waals surface area (Å²) in [6, 6.07) is 4.84. The maximum Gasteiger partial charge on any atom is 0.241 e. The van der Waals surface area contributed by atoms with Gasteiger partial charge < -0.3 is 5.32 Å². The van der Waals surface area contributed by atoms with Crippen molar-refractivity contribution >= 4 is 28.5 Å². The van der Waals surface area contributed by atoms with Gasteiger partial charge in [0.2, 0.25) is 5.95 Å². The van der Waals surface area contributed by atoms with E-state index in [0.717, 1.165) is 5.56 Å². The zero-order valence-electron chi connectivity index (χ0n) is 10.6. The van der Waals surface area contributed by atoms with Crippen LogP contribution in [0.4, 0.5) is 21.8 Å². The number of hydrogen-bond donors (Lipinski definition) is 4. The van der Waals surface area contributed by atoms with E-state index in [2.05, 4.69) is 30.9 Å². The minimum absolute atomic E-state index is 0.207. The summed E-state index contributed by atoms with van der Waals surface area (Å²) in [5.41, 5.74) is 3.99. The number of H-pyrrole nitrogens is 1. The van der Waals surface area contributed by atoms with Gasteiger partial charge in [0.25, 0.3) is 0 Å². The highest BCUT2D eigenvalue weighted by atomic mass is 19.1. The molecule has 7 nitrogen and oxygen atoms in total. The average molecular weight is 273 g/mol. The highest BCUT2D eigenvalue weighted by Crippen LogP contribution is 2.27. The summed E-state index contributed by atoms with van der Waals surface area (Å²) in [4.78, 5) is 8.29. The normalized spacial score (nSPS) is 10.8. The molecule has 0 aliphatic heterocycles. The summed E-state index contributed by atoms with van der Waals surface area (Å²) in [5.74, 6) is 5.59. The molecular weight excluding hydrogens is 261 g/mol. The summed E-state index contributed by atoms with van der Waals surface area (Å²) < 4.78 is 13.9. The Hall–Kier alpha value is -2.74. The topological polar surface area (TPSA) is 105 Å². The first-order valence-corrected chi connectivity index (χ1v) is 5.89. The van der Waals surface area contributed by atoms with Crippen LogP contribution in [-0.2, 0) is 0 Å². The van der Waals surface area contributed by atoms with Crippen molar-refractivity contribution in [1.82, 2.24) is 20.2 Å². The van der Waals surface area contributed by atoms with E-state index in [1.165, 1.54) is 6.07 Å². The van der Waals surface area contributed by atoms with E-state index in [-0.39, 0.29) is 11.8 Å². The molecule has 3 rings (SSSR count). The molecule has 5 N–H and O–H groups in total. The van der Waals surface area contributed by atoms with Crippen molar-refractivity contribution in [2.45, 2.75) is 6.92 Å². The quantitative estimate of drug-likeness (QED) is 0.428. The summed E-state index contributed by atoms with van der Waals surface area (Å²) >= 11 is 0. The van der Waals surface area contributed by atoms with Crippen molar-refractivity contribution < 1.29 is 4.39 Å². The number of hydrogen-bond acceptors (Lipinski definition) is 6. The first-order chi connectivity index (χ1) is 9.69. The SMILES string of the molecule is Cc1cccc(F)c1Nc1nc(NN)nc2[nH]ncc12. The van der Waals surface area contributed by atoms with E-state index in [1.54, 1.807) is 25.3 Å². The number of para-hydroxylation sites is 1. The Bertz CT molecular complexity index is 747. The van der Waals surface area contributed by atoms with Gasteiger partial charge in [-0.05, 0) is 18.6 Å². The van der Waals surface area contributed by atoms with Crippen LogP contribution in [0.3, 0.4) is 0 Å². The Balaban J connectivity index is 2.12. The van der Waals surface area contributed by atoms with Gasteiger partial charge in [-0.3, -0.25) is 10.5 Å². The number of hydrazine groups is 1. The molecule has 0 amide bonds. The minimum Gasteiger partial charge on any atom is -0.337 e. The average Bonchev–Trinajstić information content (AvgIpc) is 2.91. The van der Waals surface area contributed by atoms with E-state index in [9.17, 15) is 4.39 Å². The van der Waals surface area contributed by atoms with Crippen LogP contribution in [0.15, 0.2) is 24.4 Å². The zero-order valence-corrected chi connectivity index (χ0v) is 10.6. The van der Waals surface area contributed by atoms with Crippen LogP contribution >= 0.6 is 0 Å². The molecule has 0 aliphatic rings. The van der Waals surface area contributed by atoms with Crippen LogP contribution in [0.25, 0.3) is 11.0 Å². The van der Waals surface area contributed by atoms with E-state index >= 15 is 0 Å². The Morgan fingerprint density at radius 1 is 1.30 bits per heavy atom. The first-order valence-electron chi connectivity index (χ1n) is 5.89. The molecule has 0 aliphatic carbocycles. The van der Waals surface area contributed by atoms with Crippen LogP contribution in [0.2, 0.25) is 0 Å². The second kappa shape index (κ2) is 4.74. The largest absolute Gasteiger partial charge is 0.337 e. The third-order valence-corrected chi connectivity index (χ3v) is 2.90. The number of nitrogen functional groups attached to an aromatic ring is 1. The Morgan fingerprint density at radius 2 is 2.15 bits per heavy atom. The molecule has 0 unspecified atom stereocenters. The number of nitrogens with one attached hydrogen (secondary N) is 3. The summed E-state index contributed by atoms with van der Waals surface area (Å²) in [6.45, 7) is 1.81. The highest BCUT2D eigenvalue weighted by molar-refractivity contribution is 5.89. The van der Waals surface area contributed by atoms with Crippen LogP contribution < -0.4 is 16.6 Å². The lowest BCUT2D eigenvalue weighted by molar-refractivity contribution is 0.631. The molecule has 0 atom stereocenters. The molecule has 8 heteroatoms. The second-order valence-corrected chi connectivity index (χ2v) is 4.23. The van der Waals surface area contributed by atoms with Gasteiger partial charge in [0.15, 0.2) is 5.65 Å². The number of aromatic nitrogens is 4. The van der Waals surface area contributed by atoms with Crippen LogP contribution in [0, 0.1) is 12.7 Å². The summed E-state index contributed by atoms with van der Waals surface area (Å²) in [5, 5.41) is 10.2. The van der Waals surface area contributed by atoms with Crippen molar-refractivity contribution in [2.75, 3.05) is 10.7 Å². The molecule has 3 aromatic rings. The molecule has 0 fully saturated rings. The van der Waals surface area contributed by atoms with Crippen molar-refractivity contribution in [3.63, 3.8) is 0 Å². The number of anilines is 3. The van der Waals surface area contributed by atoms with Crippen molar-refractivity contribution in [2.24, 2.45) is 5.84 Å². The maximum absolute atomic E-state index is 13.9. The number of nitrogens with two attached hydrogens (primary N) is 1. The molecule has 20 heavy (non-hydrogen) atoms. The van der Waals surface area contributed by atoms with Gasteiger partial charge in [0, 0.05) is 0 Å². The molecule has 0 bridgehead atoms. The molecule has 102 valence electrons. The molecule has 0 spiro atoms. The van der Waals surface area contributed by atoms with Gasteiger partial charge in [0.05, 0.1) is 17.3 Å². The second-order valence-electron chi connectivity index (χ2n) is 4.23. The van der Waals surface area contributed by atoms with Gasteiger partial charge in [-0.15, -0.1) is 0 Å². The fraction of sp³-hybridized carbons (Fsp3) is 0.0833. The lowest BCUT2D eigenvalue weighted by Gasteiger charge is -2.11. The molecule has 2 aromatic heterocycles. The van der Waals surface area contributed by atoms with Crippen molar-refractivity contribution in [3.05, 3.63) is 35.8 Å². The molecular formula is C12H12FN7. The first kappa shape index (κ1) is 12.3. The van der Waals surface area contributed by atoms with Crippen molar-refractivity contribution in [3.8, 4) is 0 Å². The summed E-state index contributed by atoms with van der Waals surface area (Å²) in [6.07, 6.45) is 1.56. The van der Waals surface area contributed by atoms with Gasteiger partial charge in [-0.25, -0.2) is 10.2 Å². The maximum atomic E-state index is 13.9. The van der Waals surface area contributed by atoms with Gasteiger partial charge in [-0.2, -0.15) is 15.1 Å². The van der Waals surface area contributed by atoms with Gasteiger partial charge >= 0.3 is 0 Å². The standard InChI is InChI=1S/C12H12FN7/c1-6-3-2-4-8(13)9(6)16-10-7-5-15-20-11(7)18-12(17-10)19-14/h2-5H,14H2,1H3,(H3,15,16,17,18,19,20). The zero-order chi connectivity index (χ0) is 14.1. The van der Waals surface area contributed by atoms with Gasteiger partial charge in [0.1, 0.15) is 11.6 Å². The molecule has 1 aromatic carbocycles. The van der Waals surface area contributed by atoms with E-state index in [1.807, 2.05) is 0 Å². The lowest BCUT2D eigenvalue weighted by atomic mass is 10.2. The fourth-order valence-corrected chi connectivity index (χ4v) is 1.90. The van der Waals surface area contributed by atoms with Gasteiger partial charge in [-0.1, -0.05) is 12.1 Å². The molecule has 0 saturated heterocycles. The molecule has 0 radical (unpaired) electrons. The van der Waals surface area contributed by atoms with E-state index < -0.39 is 0 Å². The number of rotatable bonds is 3. The fourth-order valence-electron chi connectivity index (χ4n) is 1.90.